The summed E-state index contributed by atoms with van der Waals surface area (Å²) < 4.78 is 23.8. The Morgan fingerprint density at radius 3 is 2.75 bits per heavy atom. The van der Waals surface area contributed by atoms with Gasteiger partial charge in [0, 0.05) is 5.56 Å². The van der Waals surface area contributed by atoms with Gasteiger partial charge >= 0.3 is 5.97 Å². The number of rotatable bonds is 5. The lowest BCUT2D eigenvalue weighted by Gasteiger charge is -2.09. The van der Waals surface area contributed by atoms with Gasteiger partial charge in [0.15, 0.2) is 0 Å². The van der Waals surface area contributed by atoms with E-state index in [1.807, 2.05) is 0 Å². The van der Waals surface area contributed by atoms with Crippen LogP contribution < -0.4 is 4.74 Å². The first kappa shape index (κ1) is 17.5. The number of nitriles is 1. The molecule has 0 bridgehead atoms. The molecule has 0 atom stereocenters. The lowest BCUT2D eigenvalue weighted by molar-refractivity contribution is -0.135. The zero-order valence-electron chi connectivity index (χ0n) is 12.8. The Labute approximate surface area is 143 Å². The highest BCUT2D eigenvalue weighted by Crippen LogP contribution is 2.22. The predicted molar refractivity (Wildman–Crippen MR) is 87.8 cm³/mol. The van der Waals surface area contributed by atoms with Crippen molar-refractivity contribution in [3.8, 4) is 11.8 Å². The smallest absolute Gasteiger partial charge is 0.348 e. The monoisotopic (exact) mass is 345 g/mol. The summed E-state index contributed by atoms with van der Waals surface area (Å²) in [6.07, 6.45) is 1.38. The van der Waals surface area contributed by atoms with Gasteiger partial charge in [0.05, 0.1) is 12.1 Å². The summed E-state index contributed by atoms with van der Waals surface area (Å²) in [6.45, 7) is -0.0409. The summed E-state index contributed by atoms with van der Waals surface area (Å²) in [4.78, 5) is 11.4. The Bertz CT molecular complexity index is 807. The summed E-state index contributed by atoms with van der Waals surface area (Å²) in [5.41, 5.74) is 0.702. The second-order valence-electron chi connectivity index (χ2n) is 4.72. The summed E-state index contributed by atoms with van der Waals surface area (Å²) in [5.74, 6) is -0.719. The molecule has 122 valence electrons. The van der Waals surface area contributed by atoms with E-state index in [1.165, 1.54) is 25.3 Å². The number of benzene rings is 2. The number of hydrogen-bond donors (Lipinski definition) is 0. The van der Waals surface area contributed by atoms with Crippen LogP contribution in [0.1, 0.15) is 11.1 Å². The van der Waals surface area contributed by atoms with Crippen LogP contribution in [0.3, 0.4) is 0 Å². The topological polar surface area (TPSA) is 59.3 Å². The molecule has 0 aliphatic heterocycles. The van der Waals surface area contributed by atoms with E-state index in [2.05, 4.69) is 4.74 Å². The molecule has 0 unspecified atom stereocenters. The molecule has 0 N–H and O–H groups in total. The maximum Gasteiger partial charge on any atom is 0.348 e. The summed E-state index contributed by atoms with van der Waals surface area (Å²) in [7, 11) is 1.20. The van der Waals surface area contributed by atoms with Gasteiger partial charge in [-0.25, -0.2) is 9.18 Å². The minimum atomic E-state index is -0.720. The number of ether oxygens (including phenoxy) is 2. The van der Waals surface area contributed by atoms with E-state index in [0.29, 0.717) is 11.3 Å². The highest BCUT2D eigenvalue weighted by atomic mass is 35.5. The van der Waals surface area contributed by atoms with Crippen molar-refractivity contribution in [1.29, 1.82) is 5.26 Å². The number of esters is 1. The third-order valence-corrected chi connectivity index (χ3v) is 3.49. The molecule has 0 aromatic heterocycles. The molecule has 2 rings (SSSR count). The van der Waals surface area contributed by atoms with Gasteiger partial charge in [-0.1, -0.05) is 29.8 Å². The van der Waals surface area contributed by atoms with Crippen molar-refractivity contribution in [1.82, 2.24) is 0 Å². The highest BCUT2D eigenvalue weighted by Gasteiger charge is 2.10. The third kappa shape index (κ3) is 4.34. The highest BCUT2D eigenvalue weighted by molar-refractivity contribution is 6.31. The van der Waals surface area contributed by atoms with E-state index in [9.17, 15) is 9.18 Å². The largest absolute Gasteiger partial charge is 0.489 e. The van der Waals surface area contributed by atoms with E-state index in [1.54, 1.807) is 36.4 Å². The van der Waals surface area contributed by atoms with Crippen LogP contribution in [-0.4, -0.2) is 13.1 Å². The number of nitrogens with zero attached hydrogens (tertiary/aromatic N) is 1. The van der Waals surface area contributed by atoms with E-state index >= 15 is 0 Å². The number of carbonyl (C=O) groups is 1. The van der Waals surface area contributed by atoms with E-state index in [-0.39, 0.29) is 22.8 Å². The lowest BCUT2D eigenvalue weighted by Crippen LogP contribution is -2.02. The van der Waals surface area contributed by atoms with Crippen LogP contribution in [0.4, 0.5) is 4.39 Å². The Kier molecular flexibility index (Phi) is 5.94. The molecule has 24 heavy (non-hydrogen) atoms. The maximum absolute atomic E-state index is 13.7. The summed E-state index contributed by atoms with van der Waals surface area (Å²) in [5, 5.41) is 9.25. The van der Waals surface area contributed by atoms with Crippen molar-refractivity contribution in [3.05, 3.63) is 70.0 Å². The molecular weight excluding hydrogens is 333 g/mol. The van der Waals surface area contributed by atoms with Gasteiger partial charge < -0.3 is 9.47 Å². The summed E-state index contributed by atoms with van der Waals surface area (Å²) in [6, 6.07) is 12.9. The fourth-order valence-electron chi connectivity index (χ4n) is 1.93. The molecular formula is C18H13ClFNO3. The van der Waals surface area contributed by atoms with Gasteiger partial charge in [0.1, 0.15) is 29.8 Å². The molecule has 0 aliphatic rings. The van der Waals surface area contributed by atoms with E-state index in [0.717, 1.165) is 0 Å². The van der Waals surface area contributed by atoms with Crippen molar-refractivity contribution in [2.45, 2.75) is 6.61 Å². The van der Waals surface area contributed by atoms with Crippen LogP contribution >= 0.6 is 11.6 Å². The minimum absolute atomic E-state index is 0.0409. The van der Waals surface area contributed by atoms with Crippen LogP contribution in [0, 0.1) is 17.1 Å². The zero-order chi connectivity index (χ0) is 17.5. The van der Waals surface area contributed by atoms with Gasteiger partial charge in [0.2, 0.25) is 0 Å². The second kappa shape index (κ2) is 8.14. The molecule has 2 aromatic rings. The van der Waals surface area contributed by atoms with Crippen molar-refractivity contribution >= 4 is 23.6 Å². The Morgan fingerprint density at radius 1 is 1.33 bits per heavy atom. The fourth-order valence-corrected chi connectivity index (χ4v) is 2.15. The number of methoxy groups -OCH3 is 1. The maximum atomic E-state index is 13.7. The quantitative estimate of drug-likeness (QED) is 0.464. The Hall–Kier alpha value is -2.84. The first-order valence-corrected chi connectivity index (χ1v) is 7.29. The third-order valence-electron chi connectivity index (χ3n) is 3.14. The molecule has 0 spiro atoms. The predicted octanol–water partition coefficient (Wildman–Crippen LogP) is 4.14. The molecule has 0 radical (unpaired) electrons. The molecule has 0 saturated heterocycles. The van der Waals surface area contributed by atoms with Crippen LogP contribution in [0.25, 0.3) is 6.08 Å². The standard InChI is InChI=1S/C18H13ClFNO3/c1-23-18(22)13(10-21)8-12-4-2-5-14(9-12)24-11-15-16(19)6-3-7-17(15)20/h2-9H,11H2,1H3. The van der Waals surface area contributed by atoms with Gasteiger partial charge in [-0.05, 0) is 35.9 Å². The van der Waals surface area contributed by atoms with Gasteiger partial charge in [0.25, 0.3) is 0 Å². The molecule has 6 heteroatoms. The molecule has 0 aliphatic carbocycles. The van der Waals surface area contributed by atoms with Crippen molar-refractivity contribution in [2.75, 3.05) is 7.11 Å². The average Bonchev–Trinajstić information content (AvgIpc) is 2.59. The van der Waals surface area contributed by atoms with Crippen molar-refractivity contribution < 1.29 is 18.7 Å². The van der Waals surface area contributed by atoms with Gasteiger partial charge in [-0.2, -0.15) is 5.26 Å². The van der Waals surface area contributed by atoms with Crippen molar-refractivity contribution in [2.24, 2.45) is 0 Å². The first-order chi connectivity index (χ1) is 11.5. The lowest BCUT2D eigenvalue weighted by atomic mass is 10.1. The molecule has 0 fully saturated rings. The van der Waals surface area contributed by atoms with Crippen molar-refractivity contribution in [3.63, 3.8) is 0 Å². The summed E-state index contributed by atoms with van der Waals surface area (Å²) >= 11 is 5.95. The Balaban J connectivity index is 2.18. The number of carbonyl (C=O) groups excluding carboxylic acids is 1. The van der Waals surface area contributed by atoms with Crippen LogP contribution in [0.2, 0.25) is 5.02 Å². The zero-order valence-corrected chi connectivity index (χ0v) is 13.5. The molecule has 0 amide bonds. The second-order valence-corrected chi connectivity index (χ2v) is 5.13. The van der Waals surface area contributed by atoms with E-state index < -0.39 is 11.8 Å². The van der Waals surface area contributed by atoms with Gasteiger partial charge in [-0.15, -0.1) is 0 Å². The normalized spacial score (nSPS) is 10.8. The molecule has 2 aromatic carbocycles. The first-order valence-electron chi connectivity index (χ1n) is 6.91. The molecule has 0 heterocycles. The van der Waals surface area contributed by atoms with E-state index in [4.69, 9.17) is 21.6 Å². The van der Waals surface area contributed by atoms with Crippen LogP contribution in [0.15, 0.2) is 48.0 Å². The molecule has 0 saturated carbocycles. The van der Waals surface area contributed by atoms with Crippen LogP contribution in [-0.2, 0) is 16.1 Å². The minimum Gasteiger partial charge on any atom is -0.489 e. The average molecular weight is 346 g/mol. The SMILES string of the molecule is COC(=O)C(C#N)=Cc1cccc(OCc2c(F)cccc2Cl)c1. The number of halogens is 2. The number of hydrogen-bond acceptors (Lipinski definition) is 4. The fraction of sp³-hybridized carbons (Fsp3) is 0.111. The molecule has 4 nitrogen and oxygen atoms in total. The van der Waals surface area contributed by atoms with Gasteiger partial charge in [-0.3, -0.25) is 0 Å². The van der Waals surface area contributed by atoms with Crippen LogP contribution in [0.5, 0.6) is 5.75 Å². The Morgan fingerprint density at radius 2 is 2.08 bits per heavy atom.